The molecule has 0 spiro atoms. The summed E-state index contributed by atoms with van der Waals surface area (Å²) < 4.78 is 33.2. The Labute approximate surface area is 144 Å². The van der Waals surface area contributed by atoms with Crippen LogP contribution in [0.4, 0.5) is 14.5 Å². The maximum atomic E-state index is 14.3. The van der Waals surface area contributed by atoms with Gasteiger partial charge in [0.2, 0.25) is 0 Å². The summed E-state index contributed by atoms with van der Waals surface area (Å²) in [5.41, 5.74) is 2.07. The van der Waals surface area contributed by atoms with Gasteiger partial charge in [0.25, 0.3) is 0 Å². The van der Waals surface area contributed by atoms with Crippen molar-refractivity contribution in [2.24, 2.45) is 5.92 Å². The summed E-state index contributed by atoms with van der Waals surface area (Å²) in [6.07, 6.45) is 4.97. The molecule has 0 amide bonds. The van der Waals surface area contributed by atoms with Crippen LogP contribution in [0, 0.1) is 28.9 Å². The minimum Gasteiger partial charge on any atom is -0.479 e. The molecule has 0 saturated heterocycles. The lowest BCUT2D eigenvalue weighted by Gasteiger charge is -2.37. The molecule has 3 nitrogen and oxygen atoms in total. The number of ether oxygens (including phenoxy) is 1. The molecule has 0 radical (unpaired) electrons. The predicted molar refractivity (Wildman–Crippen MR) is 90.3 cm³/mol. The van der Waals surface area contributed by atoms with Gasteiger partial charge in [0, 0.05) is 12.0 Å². The first-order valence-corrected chi connectivity index (χ1v) is 8.19. The molecule has 5 heteroatoms. The van der Waals surface area contributed by atoms with Crippen molar-refractivity contribution in [2.45, 2.75) is 18.4 Å². The molecular formula is C20H16F2N2O. The fourth-order valence-corrected chi connectivity index (χ4v) is 3.84. The lowest BCUT2D eigenvalue weighted by Crippen LogP contribution is -2.29. The highest BCUT2D eigenvalue weighted by atomic mass is 19.1. The van der Waals surface area contributed by atoms with E-state index in [1.54, 1.807) is 0 Å². The summed E-state index contributed by atoms with van der Waals surface area (Å²) in [4.78, 5) is 0. The van der Waals surface area contributed by atoms with Crippen LogP contribution in [0.25, 0.3) is 0 Å². The van der Waals surface area contributed by atoms with E-state index in [-0.39, 0.29) is 24.5 Å². The fourth-order valence-electron chi connectivity index (χ4n) is 3.84. The molecule has 0 bridgehead atoms. The maximum Gasteiger partial charge on any atom is 0.174 e. The number of hydrogen-bond donors (Lipinski definition) is 1. The van der Waals surface area contributed by atoms with Gasteiger partial charge in [-0.15, -0.1) is 0 Å². The van der Waals surface area contributed by atoms with Crippen LogP contribution in [0.15, 0.2) is 48.6 Å². The van der Waals surface area contributed by atoms with Gasteiger partial charge < -0.3 is 10.1 Å². The molecule has 0 saturated carbocycles. The van der Waals surface area contributed by atoms with Crippen molar-refractivity contribution in [3.05, 3.63) is 71.3 Å². The molecule has 1 N–H and O–H groups in total. The van der Waals surface area contributed by atoms with Crippen molar-refractivity contribution in [3.8, 4) is 11.8 Å². The van der Waals surface area contributed by atoms with Gasteiger partial charge in [-0.2, -0.15) is 5.26 Å². The minimum atomic E-state index is -0.562. The highest BCUT2D eigenvalue weighted by molar-refractivity contribution is 5.60. The summed E-state index contributed by atoms with van der Waals surface area (Å²) in [5, 5.41) is 11.8. The molecule has 1 aliphatic carbocycles. The Morgan fingerprint density at radius 1 is 1.20 bits per heavy atom. The Kier molecular flexibility index (Phi) is 3.89. The standard InChI is InChI=1S/C20H16F2N2O/c21-13-10-17-15-2-1-3-16(15)19(24-20(17)18(22)11-13)12-4-6-14(7-5-12)25-9-8-23/h1-2,4-7,10-11,15-16,19,24H,3,9H2/t15-,16+,19+/m1/s1. The number of halogens is 2. The summed E-state index contributed by atoms with van der Waals surface area (Å²) in [7, 11) is 0. The molecule has 2 aromatic rings. The maximum absolute atomic E-state index is 14.3. The molecule has 0 unspecified atom stereocenters. The van der Waals surface area contributed by atoms with Crippen LogP contribution in [0.5, 0.6) is 5.75 Å². The van der Waals surface area contributed by atoms with E-state index in [0.29, 0.717) is 17.0 Å². The number of allylic oxidation sites excluding steroid dienone is 2. The number of benzene rings is 2. The number of nitrogens with one attached hydrogen (secondary N) is 1. The van der Waals surface area contributed by atoms with Gasteiger partial charge in [0.1, 0.15) is 23.5 Å². The van der Waals surface area contributed by atoms with Crippen LogP contribution in [0.1, 0.15) is 29.5 Å². The van der Waals surface area contributed by atoms with Crippen LogP contribution in [-0.2, 0) is 0 Å². The van der Waals surface area contributed by atoms with E-state index >= 15 is 0 Å². The van der Waals surface area contributed by atoms with E-state index in [2.05, 4.69) is 11.4 Å². The highest BCUT2D eigenvalue weighted by Crippen LogP contribution is 2.50. The zero-order chi connectivity index (χ0) is 17.4. The van der Waals surface area contributed by atoms with Crippen molar-refractivity contribution in [3.63, 3.8) is 0 Å². The quantitative estimate of drug-likeness (QED) is 0.826. The number of rotatable bonds is 3. The minimum absolute atomic E-state index is 0.000203. The van der Waals surface area contributed by atoms with Crippen molar-refractivity contribution in [1.82, 2.24) is 0 Å². The first-order valence-electron chi connectivity index (χ1n) is 8.19. The number of nitrogens with zero attached hydrogens (tertiary/aromatic N) is 1. The van der Waals surface area contributed by atoms with Gasteiger partial charge >= 0.3 is 0 Å². The van der Waals surface area contributed by atoms with Crippen molar-refractivity contribution >= 4 is 5.69 Å². The number of hydrogen-bond acceptors (Lipinski definition) is 3. The molecule has 3 atom stereocenters. The number of anilines is 1. The number of nitriles is 1. The van der Waals surface area contributed by atoms with Crippen LogP contribution in [0.3, 0.4) is 0 Å². The second kappa shape index (κ2) is 6.21. The first kappa shape index (κ1) is 15.6. The van der Waals surface area contributed by atoms with Crippen LogP contribution in [0.2, 0.25) is 0 Å². The molecule has 2 aliphatic rings. The van der Waals surface area contributed by atoms with Crippen LogP contribution < -0.4 is 10.1 Å². The van der Waals surface area contributed by atoms with E-state index < -0.39 is 11.6 Å². The molecule has 1 heterocycles. The van der Waals surface area contributed by atoms with E-state index in [1.807, 2.05) is 36.4 Å². The predicted octanol–water partition coefficient (Wildman–Crippen LogP) is 4.69. The molecule has 0 fully saturated rings. The van der Waals surface area contributed by atoms with Gasteiger partial charge in [-0.25, -0.2) is 8.78 Å². The summed E-state index contributed by atoms with van der Waals surface area (Å²) >= 11 is 0. The fraction of sp³-hybridized carbons (Fsp3) is 0.250. The average molecular weight is 338 g/mol. The molecule has 2 aromatic carbocycles. The van der Waals surface area contributed by atoms with E-state index in [4.69, 9.17) is 10.00 Å². The highest BCUT2D eigenvalue weighted by Gasteiger charge is 2.39. The Bertz CT molecular complexity index is 871. The third-order valence-electron chi connectivity index (χ3n) is 4.93. The van der Waals surface area contributed by atoms with Crippen molar-refractivity contribution < 1.29 is 13.5 Å². The topological polar surface area (TPSA) is 45.0 Å². The smallest absolute Gasteiger partial charge is 0.174 e. The third-order valence-corrected chi connectivity index (χ3v) is 4.93. The van der Waals surface area contributed by atoms with Gasteiger partial charge in [0.05, 0.1) is 11.7 Å². The Hall–Kier alpha value is -2.87. The van der Waals surface area contributed by atoms with Crippen molar-refractivity contribution in [1.29, 1.82) is 5.26 Å². The van der Waals surface area contributed by atoms with Crippen molar-refractivity contribution in [2.75, 3.05) is 11.9 Å². The molecule has 1 aliphatic heterocycles. The Morgan fingerprint density at radius 2 is 2.00 bits per heavy atom. The molecular weight excluding hydrogens is 322 g/mol. The monoisotopic (exact) mass is 338 g/mol. The zero-order valence-corrected chi connectivity index (χ0v) is 13.4. The third kappa shape index (κ3) is 2.74. The zero-order valence-electron chi connectivity index (χ0n) is 13.4. The lowest BCUT2D eigenvalue weighted by atomic mass is 9.77. The Balaban J connectivity index is 1.68. The van der Waals surface area contributed by atoms with Gasteiger partial charge in [-0.05, 0) is 41.7 Å². The second-order valence-corrected chi connectivity index (χ2v) is 6.34. The molecule has 0 aromatic heterocycles. The van der Waals surface area contributed by atoms with E-state index in [0.717, 1.165) is 18.1 Å². The summed E-state index contributed by atoms with van der Waals surface area (Å²) in [6.45, 7) is -0.000203. The normalized spacial score (nSPS) is 23.3. The molecule has 126 valence electrons. The number of fused-ring (bicyclic) bond motifs is 3. The van der Waals surface area contributed by atoms with Crippen LogP contribution >= 0.6 is 0 Å². The van der Waals surface area contributed by atoms with Crippen LogP contribution in [-0.4, -0.2) is 6.61 Å². The summed E-state index contributed by atoms with van der Waals surface area (Å²) in [5.74, 6) is -0.279. The Morgan fingerprint density at radius 3 is 2.76 bits per heavy atom. The molecule has 4 rings (SSSR count). The lowest BCUT2D eigenvalue weighted by molar-refractivity contribution is 0.367. The van der Waals surface area contributed by atoms with Gasteiger partial charge in [-0.1, -0.05) is 24.3 Å². The largest absolute Gasteiger partial charge is 0.479 e. The van der Waals surface area contributed by atoms with E-state index in [1.165, 1.54) is 6.07 Å². The van der Waals surface area contributed by atoms with Gasteiger partial charge in [0.15, 0.2) is 6.61 Å². The molecule has 25 heavy (non-hydrogen) atoms. The second-order valence-electron chi connectivity index (χ2n) is 6.34. The van der Waals surface area contributed by atoms with E-state index in [9.17, 15) is 8.78 Å². The van der Waals surface area contributed by atoms with Gasteiger partial charge in [-0.3, -0.25) is 0 Å². The summed E-state index contributed by atoms with van der Waals surface area (Å²) in [6, 6.07) is 11.7. The SMILES string of the molecule is N#CCOc1ccc([C@@H]2Nc3c(F)cc(F)cc3[C@@H]3C=CC[C@@H]32)cc1. The average Bonchev–Trinajstić information content (AvgIpc) is 3.10. The first-order chi connectivity index (χ1) is 12.2.